The fraction of sp³-hybridized carbons (Fsp3) is 0.188. The quantitative estimate of drug-likeness (QED) is 0.885. The van der Waals surface area contributed by atoms with Gasteiger partial charge in [-0.1, -0.05) is 42.5 Å². The highest BCUT2D eigenvalue weighted by Gasteiger charge is 2.23. The van der Waals surface area contributed by atoms with E-state index in [4.69, 9.17) is 0 Å². The van der Waals surface area contributed by atoms with E-state index in [-0.39, 0.29) is 0 Å². The maximum Gasteiger partial charge on any atom is 0.255 e. The first kappa shape index (κ1) is 13.3. The molecular weight excluding hydrogens is 238 g/mol. The third kappa shape index (κ3) is 3.42. The molecule has 0 saturated carbocycles. The van der Waals surface area contributed by atoms with Crippen LogP contribution in [0.15, 0.2) is 54.6 Å². The van der Waals surface area contributed by atoms with Crippen LogP contribution in [0.3, 0.4) is 0 Å². The standard InChI is InChI=1S/C16H17NO2/c1-16(2,19)15(18)17-14-10-8-13(9-11-14)12-6-4-3-5-7-12/h3-11,19H,1-2H3,(H,17,18). The van der Waals surface area contributed by atoms with Gasteiger partial charge in [-0.05, 0) is 37.1 Å². The lowest BCUT2D eigenvalue weighted by atomic mass is 10.1. The molecule has 0 fully saturated rings. The number of anilines is 1. The van der Waals surface area contributed by atoms with Crippen molar-refractivity contribution in [2.75, 3.05) is 5.32 Å². The Morgan fingerprint density at radius 1 is 0.947 bits per heavy atom. The number of aliphatic hydroxyl groups is 1. The maximum absolute atomic E-state index is 11.6. The van der Waals surface area contributed by atoms with Crippen molar-refractivity contribution in [2.24, 2.45) is 0 Å². The molecule has 1 amide bonds. The van der Waals surface area contributed by atoms with E-state index in [1.807, 2.05) is 54.6 Å². The van der Waals surface area contributed by atoms with E-state index >= 15 is 0 Å². The molecule has 0 bridgehead atoms. The van der Waals surface area contributed by atoms with Gasteiger partial charge in [0, 0.05) is 5.69 Å². The van der Waals surface area contributed by atoms with Gasteiger partial charge in [0.1, 0.15) is 5.60 Å². The van der Waals surface area contributed by atoms with Gasteiger partial charge in [-0.25, -0.2) is 0 Å². The first-order valence-corrected chi connectivity index (χ1v) is 6.16. The number of hydrogen-bond acceptors (Lipinski definition) is 2. The minimum atomic E-state index is -1.38. The monoisotopic (exact) mass is 255 g/mol. The third-order valence-electron chi connectivity index (χ3n) is 2.81. The van der Waals surface area contributed by atoms with Crippen molar-refractivity contribution in [1.29, 1.82) is 0 Å². The van der Waals surface area contributed by atoms with Crippen molar-refractivity contribution in [3.8, 4) is 11.1 Å². The van der Waals surface area contributed by atoms with Crippen molar-refractivity contribution in [3.05, 3.63) is 54.6 Å². The molecule has 0 aromatic heterocycles. The molecule has 0 aliphatic carbocycles. The molecule has 0 aliphatic heterocycles. The van der Waals surface area contributed by atoms with Crippen LogP contribution in [-0.4, -0.2) is 16.6 Å². The van der Waals surface area contributed by atoms with Crippen molar-refractivity contribution in [3.63, 3.8) is 0 Å². The summed E-state index contributed by atoms with van der Waals surface area (Å²) in [5.41, 5.74) is 1.51. The van der Waals surface area contributed by atoms with Crippen molar-refractivity contribution in [1.82, 2.24) is 0 Å². The van der Waals surface area contributed by atoms with Crippen molar-refractivity contribution in [2.45, 2.75) is 19.4 Å². The predicted molar refractivity (Wildman–Crippen MR) is 76.8 cm³/mol. The Balaban J connectivity index is 2.14. The molecule has 3 nitrogen and oxygen atoms in total. The lowest BCUT2D eigenvalue weighted by molar-refractivity contribution is -0.130. The Kier molecular flexibility index (Phi) is 3.67. The van der Waals surface area contributed by atoms with Gasteiger partial charge in [-0.3, -0.25) is 4.79 Å². The summed E-state index contributed by atoms with van der Waals surface area (Å²) >= 11 is 0. The number of amides is 1. The Labute approximate surface area is 112 Å². The van der Waals surface area contributed by atoms with Crippen molar-refractivity contribution >= 4 is 11.6 Å². The van der Waals surface area contributed by atoms with Gasteiger partial charge in [-0.2, -0.15) is 0 Å². The predicted octanol–water partition coefficient (Wildman–Crippen LogP) is 3.06. The van der Waals surface area contributed by atoms with Gasteiger partial charge < -0.3 is 10.4 Å². The van der Waals surface area contributed by atoms with E-state index in [2.05, 4.69) is 5.32 Å². The number of nitrogens with one attached hydrogen (secondary N) is 1. The first-order chi connectivity index (χ1) is 8.97. The zero-order chi connectivity index (χ0) is 13.9. The van der Waals surface area contributed by atoms with E-state index in [0.717, 1.165) is 11.1 Å². The molecule has 0 atom stereocenters. The Bertz CT molecular complexity index is 554. The maximum atomic E-state index is 11.6. The molecule has 0 radical (unpaired) electrons. The highest BCUT2D eigenvalue weighted by molar-refractivity contribution is 5.96. The van der Waals surface area contributed by atoms with E-state index in [9.17, 15) is 9.90 Å². The Morgan fingerprint density at radius 3 is 2.00 bits per heavy atom. The normalized spacial score (nSPS) is 11.1. The fourth-order valence-electron chi connectivity index (χ4n) is 1.66. The van der Waals surface area contributed by atoms with Crippen LogP contribution < -0.4 is 5.32 Å². The van der Waals surface area contributed by atoms with Crippen LogP contribution in [-0.2, 0) is 4.79 Å². The second-order valence-electron chi connectivity index (χ2n) is 4.96. The second-order valence-corrected chi connectivity index (χ2v) is 4.96. The summed E-state index contributed by atoms with van der Waals surface area (Å²) in [4.78, 5) is 11.6. The molecule has 0 aliphatic rings. The summed E-state index contributed by atoms with van der Waals surface area (Å²) < 4.78 is 0. The zero-order valence-electron chi connectivity index (χ0n) is 11.1. The minimum Gasteiger partial charge on any atom is -0.381 e. The number of benzene rings is 2. The van der Waals surface area contributed by atoms with Crippen LogP contribution >= 0.6 is 0 Å². The minimum absolute atomic E-state index is 0.417. The summed E-state index contributed by atoms with van der Waals surface area (Å²) in [5, 5.41) is 12.2. The van der Waals surface area contributed by atoms with Crippen LogP contribution in [0.5, 0.6) is 0 Å². The van der Waals surface area contributed by atoms with Gasteiger partial charge in [0.05, 0.1) is 0 Å². The Hall–Kier alpha value is -2.13. The summed E-state index contributed by atoms with van der Waals surface area (Å²) in [6.45, 7) is 2.92. The number of carbonyl (C=O) groups excluding carboxylic acids is 1. The smallest absolute Gasteiger partial charge is 0.255 e. The molecule has 0 spiro atoms. The van der Waals surface area contributed by atoms with Crippen LogP contribution in [0.2, 0.25) is 0 Å². The Morgan fingerprint density at radius 2 is 1.47 bits per heavy atom. The van der Waals surface area contributed by atoms with Gasteiger partial charge in [0.2, 0.25) is 0 Å². The third-order valence-corrected chi connectivity index (χ3v) is 2.81. The molecule has 0 heterocycles. The fourth-order valence-corrected chi connectivity index (χ4v) is 1.66. The van der Waals surface area contributed by atoms with Crippen molar-refractivity contribution < 1.29 is 9.90 Å². The van der Waals surface area contributed by atoms with Gasteiger partial charge >= 0.3 is 0 Å². The van der Waals surface area contributed by atoms with Gasteiger partial charge in [-0.15, -0.1) is 0 Å². The topological polar surface area (TPSA) is 49.3 Å². The van der Waals surface area contributed by atoms with Crippen LogP contribution in [0, 0.1) is 0 Å². The number of hydrogen-bond donors (Lipinski definition) is 2. The molecule has 3 heteroatoms. The average molecular weight is 255 g/mol. The lowest BCUT2D eigenvalue weighted by Gasteiger charge is -2.16. The number of rotatable bonds is 3. The lowest BCUT2D eigenvalue weighted by Crippen LogP contribution is -2.36. The molecule has 2 aromatic rings. The SMILES string of the molecule is CC(C)(O)C(=O)Nc1ccc(-c2ccccc2)cc1. The van der Waals surface area contributed by atoms with Crippen LogP contribution in [0.1, 0.15) is 13.8 Å². The molecule has 98 valence electrons. The molecule has 0 unspecified atom stereocenters. The van der Waals surface area contributed by atoms with Gasteiger partial charge in [0.15, 0.2) is 0 Å². The summed E-state index contributed by atoms with van der Waals surface area (Å²) in [7, 11) is 0. The second kappa shape index (κ2) is 5.24. The van der Waals surface area contributed by atoms with Crippen LogP contribution in [0.25, 0.3) is 11.1 Å². The van der Waals surface area contributed by atoms with E-state index in [0.29, 0.717) is 5.69 Å². The molecule has 2 rings (SSSR count). The average Bonchev–Trinajstić information content (AvgIpc) is 2.39. The van der Waals surface area contributed by atoms with Gasteiger partial charge in [0.25, 0.3) is 5.91 Å². The molecule has 19 heavy (non-hydrogen) atoms. The molecular formula is C16H17NO2. The summed E-state index contributed by atoms with van der Waals surface area (Å²) in [6.07, 6.45) is 0. The summed E-state index contributed by atoms with van der Waals surface area (Å²) in [5.74, 6) is -0.417. The largest absolute Gasteiger partial charge is 0.381 e. The first-order valence-electron chi connectivity index (χ1n) is 6.16. The number of carbonyl (C=O) groups is 1. The zero-order valence-corrected chi connectivity index (χ0v) is 11.1. The molecule has 0 saturated heterocycles. The highest BCUT2D eigenvalue weighted by Crippen LogP contribution is 2.21. The molecule has 2 aromatic carbocycles. The molecule has 2 N–H and O–H groups in total. The van der Waals surface area contributed by atoms with E-state index in [1.54, 1.807) is 0 Å². The van der Waals surface area contributed by atoms with Crippen LogP contribution in [0.4, 0.5) is 5.69 Å². The van der Waals surface area contributed by atoms with E-state index in [1.165, 1.54) is 13.8 Å². The van der Waals surface area contributed by atoms with E-state index < -0.39 is 11.5 Å². The highest BCUT2D eigenvalue weighted by atomic mass is 16.3. The summed E-state index contributed by atoms with van der Waals surface area (Å²) in [6, 6.07) is 17.5.